The number of nitrogen functional groups attached to an aromatic ring is 1. The van der Waals surface area contributed by atoms with Crippen molar-refractivity contribution in [1.82, 2.24) is 4.98 Å². The van der Waals surface area contributed by atoms with Crippen molar-refractivity contribution in [2.75, 3.05) is 5.73 Å². The normalized spacial score (nSPS) is 9.91. The first-order valence-electron chi connectivity index (χ1n) is 6.63. The molecule has 0 saturated carbocycles. The Hall–Kier alpha value is -1.81. The van der Waals surface area contributed by atoms with E-state index in [1.54, 1.807) is 0 Å². The summed E-state index contributed by atoms with van der Waals surface area (Å²) in [6, 6.07) is 16.5. The molecule has 3 aromatic rings. The average Bonchev–Trinajstić information content (AvgIpc) is 2.46. The Bertz CT molecular complexity index is 771. The second-order valence-corrected chi connectivity index (χ2v) is 5.00. The number of hydrogen-bond donors (Lipinski definition) is 2. The number of fused-ring (bicyclic) bond motifs is 1. The van der Waals surface area contributed by atoms with Crippen LogP contribution in [0.3, 0.4) is 0 Å². The molecule has 0 aliphatic heterocycles. The van der Waals surface area contributed by atoms with Gasteiger partial charge in [0.05, 0.1) is 5.52 Å². The molecule has 0 radical (unpaired) electrons. The first-order chi connectivity index (χ1) is 9.67. The summed E-state index contributed by atoms with van der Waals surface area (Å²) in [5.74, 6) is 0.561. The quantitative estimate of drug-likeness (QED) is 0.741. The van der Waals surface area contributed by atoms with Crippen molar-refractivity contribution >= 4 is 41.5 Å². The molecule has 4 N–H and O–H groups in total. The maximum atomic E-state index is 5.83. The van der Waals surface area contributed by atoms with Gasteiger partial charge in [-0.25, -0.2) is 4.98 Å². The van der Waals surface area contributed by atoms with Gasteiger partial charge < -0.3 is 11.5 Å². The molecule has 0 fully saturated rings. The van der Waals surface area contributed by atoms with Crippen molar-refractivity contribution in [2.24, 2.45) is 5.73 Å². The van der Waals surface area contributed by atoms with Gasteiger partial charge in [0.15, 0.2) is 0 Å². The molecule has 2 aromatic carbocycles. The predicted octanol–water partition coefficient (Wildman–Crippen LogP) is 4.09. The van der Waals surface area contributed by atoms with Crippen molar-refractivity contribution in [3.63, 3.8) is 0 Å². The van der Waals surface area contributed by atoms with E-state index >= 15 is 0 Å². The minimum Gasteiger partial charge on any atom is -0.384 e. The van der Waals surface area contributed by atoms with Gasteiger partial charge in [-0.1, -0.05) is 36.4 Å². The standard InChI is InChI=1S/C17H17N3.2ClH/c1-11-8-17(19)20-16-9-14(6-7-15(11)16)13-4-2-12(10-18)3-5-13;;/h2-9H,10,18H2,1H3,(H2,19,20);2*1H. The number of nitrogens with two attached hydrogens (primary N) is 2. The lowest BCUT2D eigenvalue weighted by atomic mass is 10.0. The van der Waals surface area contributed by atoms with E-state index in [0.29, 0.717) is 12.4 Å². The minimum atomic E-state index is 0. The molecular formula is C17H19Cl2N3. The highest BCUT2D eigenvalue weighted by molar-refractivity contribution is 5.88. The summed E-state index contributed by atoms with van der Waals surface area (Å²) in [6.45, 7) is 2.62. The summed E-state index contributed by atoms with van der Waals surface area (Å²) >= 11 is 0. The highest BCUT2D eigenvalue weighted by atomic mass is 35.5. The third kappa shape index (κ3) is 3.50. The Balaban J connectivity index is 0.00000121. The number of aryl methyl sites for hydroxylation is 1. The molecule has 1 aromatic heterocycles. The van der Waals surface area contributed by atoms with Gasteiger partial charge in [-0.15, -0.1) is 24.8 Å². The maximum Gasteiger partial charge on any atom is 0.124 e. The lowest BCUT2D eigenvalue weighted by Gasteiger charge is -2.07. The number of hydrogen-bond acceptors (Lipinski definition) is 3. The molecule has 116 valence electrons. The molecule has 22 heavy (non-hydrogen) atoms. The first-order valence-corrected chi connectivity index (χ1v) is 6.63. The maximum absolute atomic E-state index is 5.83. The third-order valence-electron chi connectivity index (χ3n) is 3.56. The molecule has 0 aliphatic carbocycles. The van der Waals surface area contributed by atoms with Crippen molar-refractivity contribution in [1.29, 1.82) is 0 Å². The molecule has 5 heteroatoms. The number of benzene rings is 2. The summed E-state index contributed by atoms with van der Waals surface area (Å²) in [5.41, 5.74) is 17.0. The Morgan fingerprint density at radius 2 is 1.55 bits per heavy atom. The molecule has 0 aliphatic rings. The monoisotopic (exact) mass is 335 g/mol. The molecule has 0 amide bonds. The molecule has 0 saturated heterocycles. The lowest BCUT2D eigenvalue weighted by molar-refractivity contribution is 1.07. The average molecular weight is 336 g/mol. The van der Waals surface area contributed by atoms with Crippen molar-refractivity contribution < 1.29 is 0 Å². The van der Waals surface area contributed by atoms with Crippen molar-refractivity contribution in [3.8, 4) is 11.1 Å². The highest BCUT2D eigenvalue weighted by Crippen LogP contribution is 2.26. The van der Waals surface area contributed by atoms with E-state index in [4.69, 9.17) is 11.5 Å². The minimum absolute atomic E-state index is 0. The van der Waals surface area contributed by atoms with Crippen molar-refractivity contribution in [2.45, 2.75) is 13.5 Å². The molecule has 3 rings (SSSR count). The van der Waals surface area contributed by atoms with E-state index in [2.05, 4.69) is 54.4 Å². The molecule has 0 unspecified atom stereocenters. The van der Waals surface area contributed by atoms with Crippen LogP contribution in [0.4, 0.5) is 5.82 Å². The van der Waals surface area contributed by atoms with Gasteiger partial charge in [0.25, 0.3) is 0 Å². The van der Waals surface area contributed by atoms with Crippen LogP contribution < -0.4 is 11.5 Å². The topological polar surface area (TPSA) is 64.9 Å². The van der Waals surface area contributed by atoms with E-state index in [-0.39, 0.29) is 24.8 Å². The SMILES string of the molecule is Cc1cc(N)nc2cc(-c3ccc(CN)cc3)ccc12.Cl.Cl. The largest absolute Gasteiger partial charge is 0.384 e. The third-order valence-corrected chi connectivity index (χ3v) is 3.56. The van der Waals surface area contributed by atoms with E-state index in [9.17, 15) is 0 Å². The Morgan fingerprint density at radius 3 is 2.18 bits per heavy atom. The molecule has 0 spiro atoms. The zero-order valence-corrected chi connectivity index (χ0v) is 13.9. The summed E-state index contributed by atoms with van der Waals surface area (Å²) < 4.78 is 0. The molecule has 1 heterocycles. The van der Waals surface area contributed by atoms with Crippen LogP contribution in [0.2, 0.25) is 0 Å². The first kappa shape index (κ1) is 18.2. The van der Waals surface area contributed by atoms with E-state index in [1.807, 2.05) is 6.07 Å². The summed E-state index contributed by atoms with van der Waals surface area (Å²) in [6.07, 6.45) is 0. The predicted molar refractivity (Wildman–Crippen MR) is 98.7 cm³/mol. The van der Waals surface area contributed by atoms with Gasteiger partial charge in [0.2, 0.25) is 0 Å². The van der Waals surface area contributed by atoms with Gasteiger partial charge in [0.1, 0.15) is 5.82 Å². The number of aromatic nitrogens is 1. The molecule has 0 bridgehead atoms. The number of rotatable bonds is 2. The van der Waals surface area contributed by atoms with E-state index < -0.39 is 0 Å². The van der Waals surface area contributed by atoms with Gasteiger partial charge in [-0.3, -0.25) is 0 Å². The van der Waals surface area contributed by atoms with Gasteiger partial charge >= 0.3 is 0 Å². The fourth-order valence-corrected chi connectivity index (χ4v) is 2.44. The van der Waals surface area contributed by atoms with Crippen LogP contribution in [-0.4, -0.2) is 4.98 Å². The van der Waals surface area contributed by atoms with Gasteiger partial charge in [-0.2, -0.15) is 0 Å². The van der Waals surface area contributed by atoms with E-state index in [0.717, 1.165) is 33.2 Å². The van der Waals surface area contributed by atoms with Crippen LogP contribution in [0.1, 0.15) is 11.1 Å². The van der Waals surface area contributed by atoms with Gasteiger partial charge in [0, 0.05) is 11.9 Å². The second kappa shape index (κ2) is 7.45. The zero-order chi connectivity index (χ0) is 14.1. The van der Waals surface area contributed by atoms with Crippen LogP contribution in [-0.2, 0) is 6.54 Å². The number of pyridine rings is 1. The number of anilines is 1. The summed E-state index contributed by atoms with van der Waals surface area (Å²) in [5, 5.41) is 1.14. The Labute approximate surface area is 142 Å². The Morgan fingerprint density at radius 1 is 0.909 bits per heavy atom. The fraction of sp³-hybridized carbons (Fsp3) is 0.118. The van der Waals surface area contributed by atoms with E-state index in [1.165, 1.54) is 0 Å². The second-order valence-electron chi connectivity index (χ2n) is 5.00. The zero-order valence-electron chi connectivity index (χ0n) is 12.2. The van der Waals surface area contributed by atoms with Crippen molar-refractivity contribution in [3.05, 3.63) is 59.7 Å². The summed E-state index contributed by atoms with van der Waals surface area (Å²) in [7, 11) is 0. The Kier molecular flexibility index (Phi) is 6.18. The summed E-state index contributed by atoms with van der Waals surface area (Å²) in [4.78, 5) is 4.41. The molecular weight excluding hydrogens is 317 g/mol. The van der Waals surface area contributed by atoms with Crippen LogP contribution in [0.25, 0.3) is 22.0 Å². The van der Waals surface area contributed by atoms with Crippen LogP contribution in [0, 0.1) is 6.92 Å². The van der Waals surface area contributed by atoms with Crippen LogP contribution >= 0.6 is 24.8 Å². The molecule has 3 nitrogen and oxygen atoms in total. The number of halogens is 2. The lowest BCUT2D eigenvalue weighted by Crippen LogP contribution is -1.95. The fourth-order valence-electron chi connectivity index (χ4n) is 2.44. The number of nitrogens with zero attached hydrogens (tertiary/aromatic N) is 1. The van der Waals surface area contributed by atoms with Crippen LogP contribution in [0.5, 0.6) is 0 Å². The highest BCUT2D eigenvalue weighted by Gasteiger charge is 2.04. The van der Waals surface area contributed by atoms with Gasteiger partial charge in [-0.05, 0) is 41.3 Å². The smallest absolute Gasteiger partial charge is 0.124 e. The van der Waals surface area contributed by atoms with Crippen LogP contribution in [0.15, 0.2) is 48.5 Å². The molecule has 0 atom stereocenters.